The van der Waals surface area contributed by atoms with Gasteiger partial charge in [0.25, 0.3) is 20.0 Å². The largest absolute Gasteiger partial charge is 0.282 e. The second-order valence-electron chi connectivity index (χ2n) is 6.61. The molecule has 0 aliphatic heterocycles. The fourth-order valence-electron chi connectivity index (χ4n) is 2.50. The second-order valence-corrected chi connectivity index (χ2v) is 11.0. The highest BCUT2D eigenvalue weighted by Crippen LogP contribution is 2.31. The zero-order valence-electron chi connectivity index (χ0n) is 16.2. The molecule has 0 bridgehead atoms. The highest BCUT2D eigenvalue weighted by atomic mass is 35.5. The summed E-state index contributed by atoms with van der Waals surface area (Å²) in [6, 6.07) is 12.1. The number of allylic oxidation sites excluding steroid dienone is 4. The lowest BCUT2D eigenvalue weighted by molar-refractivity contribution is 0.596. The van der Waals surface area contributed by atoms with E-state index in [9.17, 15) is 16.8 Å². The first-order valence-electron chi connectivity index (χ1n) is 8.67. The van der Waals surface area contributed by atoms with Gasteiger partial charge in [-0.2, -0.15) is 25.6 Å². The molecule has 1 aliphatic carbocycles. The van der Waals surface area contributed by atoms with Gasteiger partial charge in [-0.1, -0.05) is 70.2 Å². The Bertz CT molecular complexity index is 1370. The van der Waals surface area contributed by atoms with Crippen LogP contribution in [0.4, 0.5) is 0 Å². The molecule has 0 spiro atoms. The quantitative estimate of drug-likeness (QED) is 0.528. The van der Waals surface area contributed by atoms with Gasteiger partial charge in [-0.15, -0.1) is 0 Å². The van der Waals surface area contributed by atoms with E-state index >= 15 is 0 Å². The predicted octanol–water partition coefficient (Wildman–Crippen LogP) is 5.09. The van der Waals surface area contributed by atoms with Crippen molar-refractivity contribution in [2.45, 2.75) is 23.6 Å². The van der Waals surface area contributed by atoms with Crippen molar-refractivity contribution in [1.29, 1.82) is 0 Å². The number of hydrogen-bond donors (Lipinski definition) is 0. The van der Waals surface area contributed by atoms with E-state index in [4.69, 9.17) is 34.8 Å². The molecule has 162 valence electrons. The zero-order valence-corrected chi connectivity index (χ0v) is 20.1. The minimum absolute atomic E-state index is 0.0443. The minimum Gasteiger partial charge on any atom is -0.199 e. The van der Waals surface area contributed by atoms with Crippen molar-refractivity contribution in [2.75, 3.05) is 0 Å². The average molecular weight is 518 g/mol. The maximum absolute atomic E-state index is 12.6. The molecule has 0 saturated carbocycles. The molecule has 0 aromatic heterocycles. The molecule has 3 rings (SSSR count). The number of hydrogen-bond acceptors (Lipinski definition) is 4. The molecule has 0 radical (unpaired) electrons. The third kappa shape index (κ3) is 5.27. The van der Waals surface area contributed by atoms with Crippen molar-refractivity contribution < 1.29 is 16.8 Å². The van der Waals surface area contributed by atoms with Crippen LogP contribution in [0.25, 0.3) is 0 Å². The van der Waals surface area contributed by atoms with Gasteiger partial charge in [-0.25, -0.2) is 0 Å². The number of rotatable bonds is 4. The van der Waals surface area contributed by atoms with Crippen molar-refractivity contribution in [3.63, 3.8) is 0 Å². The summed E-state index contributed by atoms with van der Waals surface area (Å²) in [5.74, 6) is 0. The summed E-state index contributed by atoms with van der Waals surface area (Å²) in [6.07, 6.45) is 1.10. The first-order chi connectivity index (χ1) is 14.4. The average Bonchev–Trinajstić information content (AvgIpc) is 2.70. The Balaban J connectivity index is 2.04. The molecule has 0 N–H and O–H groups in total. The van der Waals surface area contributed by atoms with E-state index in [1.807, 2.05) is 13.8 Å². The summed E-state index contributed by atoms with van der Waals surface area (Å²) < 4.78 is 57.8. The standard InChI is InChI=1S/C20H15Cl3N2O4S2/c1-12-3-7-14(8-4-12)30(26,27)24-17-11-16(21)20(19(23)18(17)22)25-31(28,29)15-9-5-13(2)6-10-15/h3-11H,1-2H3. The highest BCUT2D eigenvalue weighted by Gasteiger charge is 2.27. The van der Waals surface area contributed by atoms with Crippen LogP contribution >= 0.6 is 34.8 Å². The van der Waals surface area contributed by atoms with Gasteiger partial charge in [-0.05, 0) is 44.2 Å². The molecule has 2 aromatic rings. The molecule has 0 atom stereocenters. The fourth-order valence-corrected chi connectivity index (χ4v) is 5.37. The summed E-state index contributed by atoms with van der Waals surface area (Å²) in [5, 5.41) is -0.842. The maximum Gasteiger partial charge on any atom is 0.282 e. The lowest BCUT2D eigenvalue weighted by Gasteiger charge is -2.14. The van der Waals surface area contributed by atoms with Gasteiger partial charge in [-0.3, -0.25) is 0 Å². The van der Waals surface area contributed by atoms with Crippen molar-refractivity contribution in [2.24, 2.45) is 8.80 Å². The topological polar surface area (TPSA) is 93.0 Å². The molecule has 0 amide bonds. The predicted molar refractivity (Wildman–Crippen MR) is 124 cm³/mol. The molecule has 11 heteroatoms. The van der Waals surface area contributed by atoms with Crippen LogP contribution in [0.15, 0.2) is 88.3 Å². The summed E-state index contributed by atoms with van der Waals surface area (Å²) in [6.45, 7) is 3.63. The number of aryl methyl sites for hydroxylation is 2. The Hall–Kier alpha value is -1.97. The van der Waals surface area contributed by atoms with Crippen LogP contribution in [0.1, 0.15) is 11.1 Å². The van der Waals surface area contributed by atoms with Crippen LogP contribution in [-0.2, 0) is 20.0 Å². The van der Waals surface area contributed by atoms with Gasteiger partial charge in [0.15, 0.2) is 0 Å². The smallest absolute Gasteiger partial charge is 0.199 e. The Morgan fingerprint density at radius 2 is 1.06 bits per heavy atom. The lowest BCUT2D eigenvalue weighted by atomic mass is 10.1. The van der Waals surface area contributed by atoms with Crippen LogP contribution in [0, 0.1) is 13.8 Å². The van der Waals surface area contributed by atoms with Gasteiger partial charge in [0, 0.05) is 0 Å². The van der Waals surface area contributed by atoms with Crippen LogP contribution in [-0.4, -0.2) is 28.3 Å². The van der Waals surface area contributed by atoms with Gasteiger partial charge in [0.1, 0.15) is 5.71 Å². The molecule has 1 aliphatic rings. The summed E-state index contributed by atoms with van der Waals surface area (Å²) in [7, 11) is -8.25. The van der Waals surface area contributed by atoms with Gasteiger partial charge >= 0.3 is 0 Å². The highest BCUT2D eigenvalue weighted by molar-refractivity contribution is 7.90. The second kappa shape index (κ2) is 8.88. The van der Waals surface area contributed by atoms with Crippen LogP contribution < -0.4 is 0 Å². The van der Waals surface area contributed by atoms with E-state index in [1.54, 1.807) is 24.3 Å². The Morgan fingerprint density at radius 1 is 0.645 bits per heavy atom. The van der Waals surface area contributed by atoms with Gasteiger partial charge in [0.2, 0.25) is 0 Å². The molecule has 6 nitrogen and oxygen atoms in total. The number of nitrogens with zero attached hydrogens (tertiary/aromatic N) is 2. The Kier molecular flexibility index (Phi) is 6.78. The lowest BCUT2D eigenvalue weighted by Crippen LogP contribution is -2.16. The monoisotopic (exact) mass is 516 g/mol. The van der Waals surface area contributed by atoms with Crippen LogP contribution in [0.2, 0.25) is 0 Å². The Labute approximate surface area is 195 Å². The third-order valence-electron chi connectivity index (χ3n) is 4.18. The summed E-state index contributed by atoms with van der Waals surface area (Å²) in [5.41, 5.74) is 1.21. The minimum atomic E-state index is -4.14. The van der Waals surface area contributed by atoms with E-state index in [2.05, 4.69) is 8.80 Å². The molecular weight excluding hydrogens is 503 g/mol. The van der Waals surface area contributed by atoms with Crippen molar-refractivity contribution in [1.82, 2.24) is 0 Å². The molecule has 2 aromatic carbocycles. The van der Waals surface area contributed by atoms with Gasteiger partial charge < -0.3 is 0 Å². The van der Waals surface area contributed by atoms with Crippen molar-refractivity contribution in [3.05, 3.63) is 80.8 Å². The number of sulfonamides is 2. The van der Waals surface area contributed by atoms with E-state index < -0.39 is 20.0 Å². The normalized spacial score (nSPS) is 17.9. The Morgan fingerprint density at radius 3 is 1.52 bits per heavy atom. The molecule has 0 heterocycles. The van der Waals surface area contributed by atoms with Crippen LogP contribution in [0.5, 0.6) is 0 Å². The molecule has 0 fully saturated rings. The van der Waals surface area contributed by atoms with E-state index in [0.29, 0.717) is 0 Å². The van der Waals surface area contributed by atoms with Crippen molar-refractivity contribution >= 4 is 66.3 Å². The maximum atomic E-state index is 12.6. The molecule has 0 unspecified atom stereocenters. The number of benzene rings is 2. The summed E-state index contributed by atoms with van der Waals surface area (Å²) >= 11 is 18.5. The van der Waals surface area contributed by atoms with E-state index in [0.717, 1.165) is 17.2 Å². The van der Waals surface area contributed by atoms with Crippen LogP contribution in [0.3, 0.4) is 0 Å². The van der Waals surface area contributed by atoms with E-state index in [-0.39, 0.29) is 36.3 Å². The third-order valence-corrected chi connectivity index (χ3v) is 7.91. The van der Waals surface area contributed by atoms with Gasteiger partial charge in [0.05, 0.1) is 30.6 Å². The first-order valence-corrected chi connectivity index (χ1v) is 12.7. The molecular formula is C20H15Cl3N2O4S2. The molecule has 0 saturated heterocycles. The van der Waals surface area contributed by atoms with Crippen molar-refractivity contribution in [3.8, 4) is 0 Å². The first kappa shape index (κ1) is 23.7. The molecule has 31 heavy (non-hydrogen) atoms. The SMILES string of the molecule is Cc1ccc(S(=O)(=O)N=C2C=C(Cl)C(=NS(=O)(=O)c3ccc(C)cc3)C(Cl)=C2Cl)cc1. The summed E-state index contributed by atoms with van der Waals surface area (Å²) in [4.78, 5) is -0.103. The zero-order chi connectivity index (χ0) is 23.0. The number of halogens is 3. The fraction of sp³-hybridized carbons (Fsp3) is 0.100. The van der Waals surface area contributed by atoms with E-state index in [1.165, 1.54) is 24.3 Å².